The van der Waals surface area contributed by atoms with Gasteiger partial charge in [-0.1, -0.05) is 6.07 Å². The van der Waals surface area contributed by atoms with E-state index in [2.05, 4.69) is 28.8 Å². The van der Waals surface area contributed by atoms with Gasteiger partial charge in [-0.3, -0.25) is 0 Å². The molecule has 2 saturated heterocycles. The minimum atomic E-state index is 0.739. The van der Waals surface area contributed by atoms with Gasteiger partial charge in [0.15, 0.2) is 0 Å². The third-order valence-corrected chi connectivity index (χ3v) is 6.39. The third kappa shape index (κ3) is 4.38. The summed E-state index contributed by atoms with van der Waals surface area (Å²) in [6.45, 7) is 4.62. The van der Waals surface area contributed by atoms with Gasteiger partial charge in [-0.25, -0.2) is 4.98 Å². The van der Waals surface area contributed by atoms with Crippen LogP contribution in [-0.2, 0) is 0 Å². The Morgan fingerprint density at radius 2 is 1.25 bits per heavy atom. The van der Waals surface area contributed by atoms with Crippen LogP contribution in [0.15, 0.2) is 28.3 Å². The molecule has 0 amide bonds. The van der Waals surface area contributed by atoms with Crippen molar-refractivity contribution in [3.05, 3.63) is 18.2 Å². The molecule has 0 spiro atoms. The van der Waals surface area contributed by atoms with E-state index in [0.29, 0.717) is 0 Å². The van der Waals surface area contributed by atoms with Gasteiger partial charge in [0.25, 0.3) is 0 Å². The van der Waals surface area contributed by atoms with Crippen molar-refractivity contribution in [3.63, 3.8) is 0 Å². The highest BCUT2D eigenvalue weighted by atomic mass is 32.2. The van der Waals surface area contributed by atoms with Gasteiger partial charge in [0.05, 0.1) is 10.1 Å². The highest BCUT2D eigenvalue weighted by Gasteiger charge is 2.17. The molecule has 2 fully saturated rings. The lowest BCUT2D eigenvalue weighted by Gasteiger charge is -2.23. The highest BCUT2D eigenvalue weighted by molar-refractivity contribution is 8.00. The lowest BCUT2D eigenvalue weighted by atomic mass is 10.2. The molecule has 3 heterocycles. The SMILES string of the molecule is c1cc(SC2CCNCC2)nc(SC2CCNCC2)c1. The number of aromatic nitrogens is 1. The van der Waals surface area contributed by atoms with Gasteiger partial charge in [0.1, 0.15) is 0 Å². The topological polar surface area (TPSA) is 37.0 Å². The molecule has 1 aromatic heterocycles. The quantitative estimate of drug-likeness (QED) is 0.894. The Labute approximate surface area is 130 Å². The van der Waals surface area contributed by atoms with E-state index < -0.39 is 0 Å². The number of hydrogen-bond acceptors (Lipinski definition) is 5. The van der Waals surface area contributed by atoms with Crippen LogP contribution in [-0.4, -0.2) is 41.7 Å². The maximum atomic E-state index is 4.85. The average molecular weight is 310 g/mol. The Morgan fingerprint density at radius 1 is 0.800 bits per heavy atom. The van der Waals surface area contributed by atoms with E-state index in [-0.39, 0.29) is 0 Å². The van der Waals surface area contributed by atoms with E-state index in [1.165, 1.54) is 35.7 Å². The van der Waals surface area contributed by atoms with Crippen LogP contribution in [0.2, 0.25) is 0 Å². The number of nitrogens with zero attached hydrogens (tertiary/aromatic N) is 1. The second-order valence-electron chi connectivity index (χ2n) is 5.45. The Kier molecular flexibility index (Phi) is 5.65. The van der Waals surface area contributed by atoms with Crippen LogP contribution in [0.25, 0.3) is 0 Å². The molecule has 3 nitrogen and oxygen atoms in total. The Hall–Kier alpha value is -0.230. The van der Waals surface area contributed by atoms with Gasteiger partial charge in [-0.15, -0.1) is 23.5 Å². The first-order valence-electron chi connectivity index (χ1n) is 7.62. The first-order valence-corrected chi connectivity index (χ1v) is 9.38. The summed E-state index contributed by atoms with van der Waals surface area (Å²) >= 11 is 3.93. The monoisotopic (exact) mass is 309 g/mol. The van der Waals surface area contributed by atoms with Crippen molar-refractivity contribution in [1.82, 2.24) is 15.6 Å². The molecule has 0 bridgehead atoms. The van der Waals surface area contributed by atoms with Gasteiger partial charge in [0, 0.05) is 10.5 Å². The second-order valence-corrected chi connectivity index (χ2v) is 8.09. The number of rotatable bonds is 4. The van der Waals surface area contributed by atoms with Crippen molar-refractivity contribution in [2.45, 2.75) is 46.2 Å². The maximum absolute atomic E-state index is 4.85. The van der Waals surface area contributed by atoms with Crippen molar-refractivity contribution in [1.29, 1.82) is 0 Å². The molecule has 2 aliphatic rings. The van der Waals surface area contributed by atoms with Crippen LogP contribution in [0.5, 0.6) is 0 Å². The number of thioether (sulfide) groups is 2. The molecule has 5 heteroatoms. The van der Waals surface area contributed by atoms with Gasteiger partial charge >= 0.3 is 0 Å². The normalized spacial score (nSPS) is 22.0. The fourth-order valence-electron chi connectivity index (χ4n) is 2.70. The molecule has 20 heavy (non-hydrogen) atoms. The summed E-state index contributed by atoms with van der Waals surface area (Å²) < 4.78 is 0. The molecule has 0 saturated carbocycles. The first kappa shape index (κ1) is 14.7. The number of piperidine rings is 2. The highest BCUT2D eigenvalue weighted by Crippen LogP contribution is 2.31. The van der Waals surface area contributed by atoms with Crippen molar-refractivity contribution in [3.8, 4) is 0 Å². The van der Waals surface area contributed by atoms with Gasteiger partial charge in [-0.2, -0.15) is 0 Å². The standard InChI is InChI=1S/C15H23N3S2/c1-2-14(19-12-4-8-16-9-5-12)18-15(3-1)20-13-6-10-17-11-7-13/h1-3,12-13,16-17H,4-11H2. The lowest BCUT2D eigenvalue weighted by molar-refractivity contribution is 0.530. The van der Waals surface area contributed by atoms with E-state index in [0.717, 1.165) is 36.7 Å². The molecular formula is C15H23N3S2. The summed E-state index contributed by atoms with van der Waals surface area (Å²) in [7, 11) is 0. The maximum Gasteiger partial charge on any atom is 0.0976 e. The minimum absolute atomic E-state index is 0.739. The third-order valence-electron chi connectivity index (χ3n) is 3.85. The van der Waals surface area contributed by atoms with Gasteiger partial charge in [-0.05, 0) is 64.0 Å². The summed E-state index contributed by atoms with van der Waals surface area (Å²) in [6.07, 6.45) is 5.05. The second kappa shape index (κ2) is 7.69. The Bertz CT molecular complexity index is 380. The van der Waals surface area contributed by atoms with Crippen LogP contribution in [0.3, 0.4) is 0 Å². The zero-order valence-corrected chi connectivity index (χ0v) is 13.4. The molecule has 0 atom stereocenters. The lowest BCUT2D eigenvalue weighted by Crippen LogP contribution is -2.29. The van der Waals surface area contributed by atoms with Crippen molar-refractivity contribution in [2.24, 2.45) is 0 Å². The first-order chi connectivity index (χ1) is 9.90. The van der Waals surface area contributed by atoms with Gasteiger partial charge < -0.3 is 10.6 Å². The molecule has 2 N–H and O–H groups in total. The molecule has 1 aromatic rings. The van der Waals surface area contributed by atoms with Crippen LogP contribution in [0, 0.1) is 0 Å². The van der Waals surface area contributed by atoms with E-state index in [9.17, 15) is 0 Å². The molecule has 2 aliphatic heterocycles. The van der Waals surface area contributed by atoms with E-state index in [4.69, 9.17) is 4.98 Å². The van der Waals surface area contributed by atoms with E-state index in [1.54, 1.807) is 0 Å². The summed E-state index contributed by atoms with van der Waals surface area (Å²) in [5.74, 6) is 0. The largest absolute Gasteiger partial charge is 0.317 e. The van der Waals surface area contributed by atoms with Crippen LogP contribution >= 0.6 is 23.5 Å². The fraction of sp³-hybridized carbons (Fsp3) is 0.667. The van der Waals surface area contributed by atoms with Crippen LogP contribution < -0.4 is 10.6 Å². The summed E-state index contributed by atoms with van der Waals surface area (Å²) in [4.78, 5) is 4.85. The molecule has 0 unspecified atom stereocenters. The number of nitrogens with one attached hydrogen (secondary N) is 2. The molecular weight excluding hydrogens is 286 g/mol. The molecule has 3 rings (SSSR count). The summed E-state index contributed by atoms with van der Waals surface area (Å²) in [6, 6.07) is 6.50. The smallest absolute Gasteiger partial charge is 0.0976 e. The van der Waals surface area contributed by atoms with Crippen molar-refractivity contribution in [2.75, 3.05) is 26.2 Å². The molecule has 110 valence electrons. The molecule has 0 aromatic carbocycles. The molecule has 0 radical (unpaired) electrons. The van der Waals surface area contributed by atoms with Crippen LogP contribution in [0.1, 0.15) is 25.7 Å². The predicted molar refractivity (Wildman–Crippen MR) is 87.7 cm³/mol. The number of hydrogen-bond donors (Lipinski definition) is 2. The minimum Gasteiger partial charge on any atom is -0.317 e. The van der Waals surface area contributed by atoms with Crippen molar-refractivity contribution < 1.29 is 0 Å². The zero-order valence-electron chi connectivity index (χ0n) is 11.8. The summed E-state index contributed by atoms with van der Waals surface area (Å²) in [5.41, 5.74) is 0. The van der Waals surface area contributed by atoms with Gasteiger partial charge in [0.2, 0.25) is 0 Å². The Balaban J connectivity index is 1.57. The zero-order chi connectivity index (χ0) is 13.6. The van der Waals surface area contributed by atoms with E-state index in [1.807, 2.05) is 23.5 Å². The molecule has 0 aliphatic carbocycles. The van der Waals surface area contributed by atoms with Crippen LogP contribution in [0.4, 0.5) is 0 Å². The fourth-order valence-corrected chi connectivity index (χ4v) is 5.00. The summed E-state index contributed by atoms with van der Waals surface area (Å²) in [5, 5.41) is 10.7. The Morgan fingerprint density at radius 3 is 1.70 bits per heavy atom. The van der Waals surface area contributed by atoms with Crippen molar-refractivity contribution >= 4 is 23.5 Å². The van der Waals surface area contributed by atoms with E-state index >= 15 is 0 Å². The average Bonchev–Trinajstić information content (AvgIpc) is 2.50. The number of pyridine rings is 1. The predicted octanol–water partition coefficient (Wildman–Crippen LogP) is 2.77.